The first kappa shape index (κ1) is 15.5. The molecule has 0 saturated carbocycles. The van der Waals surface area contributed by atoms with Gasteiger partial charge in [0.2, 0.25) is 0 Å². The summed E-state index contributed by atoms with van der Waals surface area (Å²) in [5.74, 6) is -0.273. The zero-order valence-electron chi connectivity index (χ0n) is 12.0. The smallest absolute Gasteiger partial charge is 0.197 e. The van der Waals surface area contributed by atoms with Crippen molar-refractivity contribution in [3.8, 4) is 5.75 Å². The lowest BCUT2D eigenvalue weighted by Gasteiger charge is -2.15. The summed E-state index contributed by atoms with van der Waals surface area (Å²) in [4.78, 5) is 12.7. The lowest BCUT2D eigenvalue weighted by molar-refractivity contribution is 0.103. The van der Waals surface area contributed by atoms with Gasteiger partial charge in [0.15, 0.2) is 5.78 Å². The molecule has 0 atom stereocenters. The van der Waals surface area contributed by atoms with Crippen molar-refractivity contribution in [2.75, 3.05) is 12.8 Å². The molecular weight excluding hydrogens is 337 g/mol. The summed E-state index contributed by atoms with van der Waals surface area (Å²) in [6, 6.07) is 5.84. The third-order valence-corrected chi connectivity index (χ3v) is 4.17. The first-order valence-corrected chi connectivity index (χ1v) is 7.09. The minimum absolute atomic E-state index is 0.0517. The molecule has 110 valence electrons. The van der Waals surface area contributed by atoms with Gasteiger partial charge in [-0.05, 0) is 49.2 Å². The van der Waals surface area contributed by atoms with Gasteiger partial charge in [0.05, 0.1) is 18.4 Å². The van der Waals surface area contributed by atoms with Crippen molar-refractivity contribution in [3.05, 3.63) is 56.8 Å². The Hall–Kier alpha value is -1.88. The fourth-order valence-electron chi connectivity index (χ4n) is 2.22. The maximum atomic E-state index is 13.2. The van der Waals surface area contributed by atoms with Crippen LogP contribution in [0.2, 0.25) is 0 Å². The molecule has 2 aromatic carbocycles. The number of ketones is 1. The highest BCUT2D eigenvalue weighted by Crippen LogP contribution is 2.34. The Morgan fingerprint density at radius 3 is 2.52 bits per heavy atom. The summed E-state index contributed by atoms with van der Waals surface area (Å²) in [5, 5.41) is 0. The Bertz CT molecular complexity index is 729. The molecule has 0 fully saturated rings. The molecule has 0 amide bonds. The number of methoxy groups -OCH3 is 1. The fraction of sp³-hybridized carbons (Fsp3) is 0.188. The van der Waals surface area contributed by atoms with Gasteiger partial charge >= 0.3 is 0 Å². The number of ether oxygens (including phenoxy) is 1. The quantitative estimate of drug-likeness (QED) is 0.670. The van der Waals surface area contributed by atoms with Crippen LogP contribution in [0.4, 0.5) is 10.1 Å². The van der Waals surface area contributed by atoms with Gasteiger partial charge in [0.1, 0.15) is 11.6 Å². The maximum absolute atomic E-state index is 13.2. The van der Waals surface area contributed by atoms with E-state index in [1.165, 1.54) is 25.3 Å². The average molecular weight is 352 g/mol. The topological polar surface area (TPSA) is 52.3 Å². The number of carbonyl (C=O) groups excluding carboxylic acids is 1. The molecule has 0 aliphatic rings. The molecule has 0 saturated heterocycles. The van der Waals surface area contributed by atoms with Gasteiger partial charge in [-0.3, -0.25) is 4.79 Å². The lowest BCUT2D eigenvalue weighted by Crippen LogP contribution is -2.09. The Kier molecular flexibility index (Phi) is 4.32. The third kappa shape index (κ3) is 2.78. The highest BCUT2D eigenvalue weighted by molar-refractivity contribution is 9.10. The molecule has 3 nitrogen and oxygen atoms in total. The van der Waals surface area contributed by atoms with Crippen LogP contribution in [0.3, 0.4) is 0 Å². The van der Waals surface area contributed by atoms with Crippen LogP contribution in [-0.4, -0.2) is 12.9 Å². The number of hydrogen-bond donors (Lipinski definition) is 1. The number of anilines is 1. The Morgan fingerprint density at radius 2 is 1.95 bits per heavy atom. The van der Waals surface area contributed by atoms with Crippen LogP contribution < -0.4 is 10.5 Å². The van der Waals surface area contributed by atoms with E-state index >= 15 is 0 Å². The van der Waals surface area contributed by atoms with E-state index in [1.807, 2.05) is 19.9 Å². The number of carbonyl (C=O) groups is 1. The van der Waals surface area contributed by atoms with Gasteiger partial charge < -0.3 is 10.5 Å². The second kappa shape index (κ2) is 5.85. The van der Waals surface area contributed by atoms with Crippen LogP contribution in [0.25, 0.3) is 0 Å². The van der Waals surface area contributed by atoms with Gasteiger partial charge in [-0.2, -0.15) is 0 Å². The minimum atomic E-state index is -0.541. The van der Waals surface area contributed by atoms with Crippen molar-refractivity contribution >= 4 is 27.4 Å². The van der Waals surface area contributed by atoms with E-state index in [2.05, 4.69) is 15.9 Å². The van der Waals surface area contributed by atoms with E-state index < -0.39 is 5.82 Å². The first-order chi connectivity index (χ1) is 9.86. The normalized spacial score (nSPS) is 10.5. The number of benzene rings is 2. The van der Waals surface area contributed by atoms with Crippen molar-refractivity contribution in [1.29, 1.82) is 0 Å². The summed E-state index contributed by atoms with van der Waals surface area (Å²) in [6.07, 6.45) is 0. The highest BCUT2D eigenvalue weighted by Gasteiger charge is 2.21. The van der Waals surface area contributed by atoms with E-state index in [0.717, 1.165) is 15.6 Å². The first-order valence-electron chi connectivity index (χ1n) is 6.30. The number of nitrogens with two attached hydrogens (primary N) is 1. The highest BCUT2D eigenvalue weighted by atomic mass is 79.9. The van der Waals surface area contributed by atoms with Gasteiger partial charge in [-0.1, -0.05) is 15.9 Å². The standard InChI is InChI=1S/C16H15BrFNO2/c1-8-6-11(17)9(2)14(16(8)21-3)15(20)10-4-5-12(18)13(19)7-10/h4-7H,19H2,1-3H3. The second-order valence-corrected chi connectivity index (χ2v) is 5.63. The fourth-order valence-corrected chi connectivity index (χ4v) is 2.76. The largest absolute Gasteiger partial charge is 0.496 e. The lowest BCUT2D eigenvalue weighted by atomic mass is 9.95. The Labute approximate surface area is 131 Å². The van der Waals surface area contributed by atoms with Crippen LogP contribution in [0.5, 0.6) is 5.75 Å². The van der Waals surface area contributed by atoms with E-state index in [9.17, 15) is 9.18 Å². The number of aryl methyl sites for hydroxylation is 1. The summed E-state index contributed by atoms with van der Waals surface area (Å²) >= 11 is 3.43. The van der Waals surface area contributed by atoms with Gasteiger partial charge in [-0.25, -0.2) is 4.39 Å². The summed E-state index contributed by atoms with van der Waals surface area (Å²) in [5.41, 5.74) is 7.88. The molecule has 0 spiro atoms. The van der Waals surface area contributed by atoms with Crippen LogP contribution >= 0.6 is 15.9 Å². The zero-order valence-corrected chi connectivity index (χ0v) is 13.5. The molecule has 5 heteroatoms. The number of halogens is 2. The number of nitrogen functional groups attached to an aromatic ring is 1. The van der Waals surface area contributed by atoms with Crippen molar-refractivity contribution in [2.45, 2.75) is 13.8 Å². The predicted molar refractivity (Wildman–Crippen MR) is 84.4 cm³/mol. The van der Waals surface area contributed by atoms with Gasteiger partial charge in [0.25, 0.3) is 0 Å². The van der Waals surface area contributed by atoms with Crippen molar-refractivity contribution < 1.29 is 13.9 Å². The number of rotatable bonds is 3. The van der Waals surface area contributed by atoms with E-state index in [0.29, 0.717) is 16.9 Å². The Morgan fingerprint density at radius 1 is 1.29 bits per heavy atom. The van der Waals surface area contributed by atoms with Crippen molar-refractivity contribution in [1.82, 2.24) is 0 Å². The molecule has 0 unspecified atom stereocenters. The number of hydrogen-bond acceptors (Lipinski definition) is 3. The Balaban J connectivity index is 2.65. The van der Waals surface area contributed by atoms with Gasteiger partial charge in [0, 0.05) is 10.0 Å². The van der Waals surface area contributed by atoms with E-state index in [4.69, 9.17) is 10.5 Å². The SMILES string of the molecule is COc1c(C)cc(Br)c(C)c1C(=O)c1ccc(F)c(N)c1. The molecule has 2 rings (SSSR count). The minimum Gasteiger partial charge on any atom is -0.496 e. The average Bonchev–Trinajstić information content (AvgIpc) is 2.44. The monoisotopic (exact) mass is 351 g/mol. The molecule has 21 heavy (non-hydrogen) atoms. The molecular formula is C16H15BrFNO2. The van der Waals surface area contributed by atoms with Crippen molar-refractivity contribution in [2.24, 2.45) is 0 Å². The van der Waals surface area contributed by atoms with Crippen LogP contribution in [-0.2, 0) is 0 Å². The van der Waals surface area contributed by atoms with Gasteiger partial charge in [-0.15, -0.1) is 0 Å². The van der Waals surface area contributed by atoms with Crippen molar-refractivity contribution in [3.63, 3.8) is 0 Å². The molecule has 0 bridgehead atoms. The summed E-state index contributed by atoms with van der Waals surface area (Å²) < 4.78 is 19.4. The molecule has 0 aromatic heterocycles. The van der Waals surface area contributed by atoms with E-state index in [1.54, 1.807) is 0 Å². The summed E-state index contributed by atoms with van der Waals surface area (Å²) in [7, 11) is 1.52. The van der Waals surface area contributed by atoms with Crippen LogP contribution in [0.15, 0.2) is 28.7 Å². The second-order valence-electron chi connectivity index (χ2n) is 4.77. The zero-order chi connectivity index (χ0) is 15.7. The molecule has 2 N–H and O–H groups in total. The van der Waals surface area contributed by atoms with Crippen LogP contribution in [0.1, 0.15) is 27.0 Å². The maximum Gasteiger partial charge on any atom is 0.197 e. The third-order valence-electron chi connectivity index (χ3n) is 3.35. The molecule has 0 aliphatic carbocycles. The van der Waals surface area contributed by atoms with E-state index in [-0.39, 0.29) is 11.5 Å². The predicted octanol–water partition coefficient (Wildman–Crippen LogP) is 4.03. The molecule has 0 aliphatic heterocycles. The molecule has 0 heterocycles. The molecule has 2 aromatic rings. The molecule has 0 radical (unpaired) electrons. The van der Waals surface area contributed by atoms with Crippen LogP contribution in [0, 0.1) is 19.7 Å². The summed E-state index contributed by atoms with van der Waals surface area (Å²) in [6.45, 7) is 3.69.